The molecule has 0 atom stereocenters. The van der Waals surface area contributed by atoms with E-state index in [9.17, 15) is 0 Å². The monoisotopic (exact) mass is 339 g/mol. The Morgan fingerprint density at radius 1 is 0.625 bits per heavy atom. The zero-order valence-electron chi connectivity index (χ0n) is 17.1. The maximum absolute atomic E-state index is 3.49. The second-order valence-electron chi connectivity index (χ2n) is 7.37. The normalized spacial score (nSPS) is 24.5. The van der Waals surface area contributed by atoms with Crippen molar-refractivity contribution in [2.45, 2.75) is 72.6 Å². The SMILES string of the molecule is C1CC(CC2CCN(CC3CCNCC3)CC2)CCN1.CC.CC. The fraction of sp³-hybridized carbons (Fsp3) is 1.00. The van der Waals surface area contributed by atoms with Gasteiger partial charge in [0.25, 0.3) is 0 Å². The van der Waals surface area contributed by atoms with Gasteiger partial charge in [-0.2, -0.15) is 0 Å². The quantitative estimate of drug-likeness (QED) is 0.806. The first-order valence-electron chi connectivity index (χ1n) is 11.0. The van der Waals surface area contributed by atoms with Gasteiger partial charge in [0.15, 0.2) is 0 Å². The minimum absolute atomic E-state index is 0.970. The first-order valence-corrected chi connectivity index (χ1v) is 11.0. The summed E-state index contributed by atoms with van der Waals surface area (Å²) in [5.41, 5.74) is 0. The van der Waals surface area contributed by atoms with E-state index in [1.165, 1.54) is 90.8 Å². The van der Waals surface area contributed by atoms with Gasteiger partial charge in [-0.05, 0) is 102 Å². The third-order valence-corrected chi connectivity index (χ3v) is 5.81. The van der Waals surface area contributed by atoms with E-state index in [2.05, 4.69) is 15.5 Å². The first-order chi connectivity index (χ1) is 11.9. The highest BCUT2D eigenvalue weighted by Crippen LogP contribution is 2.29. The van der Waals surface area contributed by atoms with Crippen LogP contribution in [0, 0.1) is 17.8 Å². The van der Waals surface area contributed by atoms with Gasteiger partial charge >= 0.3 is 0 Å². The Hall–Kier alpha value is -0.120. The first kappa shape index (κ1) is 21.9. The summed E-state index contributed by atoms with van der Waals surface area (Å²) in [6.45, 7) is 17.1. The second-order valence-corrected chi connectivity index (χ2v) is 7.37. The lowest BCUT2D eigenvalue weighted by atomic mass is 9.83. The number of nitrogens with zero attached hydrogens (tertiary/aromatic N) is 1. The molecule has 0 aromatic rings. The van der Waals surface area contributed by atoms with Crippen molar-refractivity contribution in [2.24, 2.45) is 17.8 Å². The molecule has 0 saturated carbocycles. The largest absolute Gasteiger partial charge is 0.317 e. The third kappa shape index (κ3) is 8.31. The molecule has 0 aliphatic carbocycles. The Morgan fingerprint density at radius 3 is 1.54 bits per heavy atom. The molecule has 3 heteroatoms. The zero-order valence-corrected chi connectivity index (χ0v) is 17.1. The lowest BCUT2D eigenvalue weighted by Crippen LogP contribution is -2.40. The van der Waals surface area contributed by atoms with Crippen LogP contribution in [0.25, 0.3) is 0 Å². The summed E-state index contributed by atoms with van der Waals surface area (Å²) in [6, 6.07) is 0. The van der Waals surface area contributed by atoms with Crippen molar-refractivity contribution >= 4 is 0 Å². The van der Waals surface area contributed by atoms with Crippen molar-refractivity contribution in [1.29, 1.82) is 0 Å². The summed E-state index contributed by atoms with van der Waals surface area (Å²) < 4.78 is 0. The van der Waals surface area contributed by atoms with E-state index in [0.29, 0.717) is 0 Å². The molecule has 3 rings (SSSR count). The van der Waals surface area contributed by atoms with Crippen molar-refractivity contribution in [3.05, 3.63) is 0 Å². The van der Waals surface area contributed by atoms with Crippen LogP contribution in [-0.2, 0) is 0 Å². The predicted molar refractivity (Wildman–Crippen MR) is 108 cm³/mol. The highest BCUT2D eigenvalue weighted by Gasteiger charge is 2.25. The van der Waals surface area contributed by atoms with Crippen molar-refractivity contribution in [3.63, 3.8) is 0 Å². The molecule has 0 aromatic heterocycles. The fourth-order valence-corrected chi connectivity index (χ4v) is 4.42. The van der Waals surface area contributed by atoms with Gasteiger partial charge in [-0.25, -0.2) is 0 Å². The molecule has 0 unspecified atom stereocenters. The molecule has 3 nitrogen and oxygen atoms in total. The zero-order chi connectivity index (χ0) is 17.6. The van der Waals surface area contributed by atoms with Gasteiger partial charge in [-0.3, -0.25) is 0 Å². The highest BCUT2D eigenvalue weighted by molar-refractivity contribution is 4.79. The van der Waals surface area contributed by atoms with Gasteiger partial charge < -0.3 is 15.5 Å². The average molecular weight is 340 g/mol. The molecule has 24 heavy (non-hydrogen) atoms. The molecule has 3 heterocycles. The molecular formula is C21H45N3. The molecule has 2 N–H and O–H groups in total. The van der Waals surface area contributed by atoms with Crippen LogP contribution in [0.2, 0.25) is 0 Å². The van der Waals surface area contributed by atoms with E-state index in [-0.39, 0.29) is 0 Å². The number of hydrogen-bond acceptors (Lipinski definition) is 3. The van der Waals surface area contributed by atoms with Crippen LogP contribution >= 0.6 is 0 Å². The maximum Gasteiger partial charge on any atom is 0.00106 e. The van der Waals surface area contributed by atoms with Crippen LogP contribution in [-0.4, -0.2) is 50.7 Å². The number of nitrogens with one attached hydrogen (secondary N) is 2. The summed E-state index contributed by atoms with van der Waals surface area (Å²) in [6.07, 6.45) is 10.1. The molecule has 144 valence electrons. The van der Waals surface area contributed by atoms with Crippen molar-refractivity contribution in [2.75, 3.05) is 45.8 Å². The van der Waals surface area contributed by atoms with Crippen LogP contribution in [0.1, 0.15) is 72.6 Å². The van der Waals surface area contributed by atoms with Gasteiger partial charge in [0, 0.05) is 6.54 Å². The van der Waals surface area contributed by atoms with Crippen LogP contribution in [0.3, 0.4) is 0 Å². The van der Waals surface area contributed by atoms with Crippen LogP contribution in [0.5, 0.6) is 0 Å². The predicted octanol–water partition coefficient (Wildman–Crippen LogP) is 4.14. The molecule has 3 aliphatic heterocycles. The summed E-state index contributed by atoms with van der Waals surface area (Å²) in [5.74, 6) is 3.02. The van der Waals surface area contributed by atoms with Crippen LogP contribution in [0.4, 0.5) is 0 Å². The minimum atomic E-state index is 0.970. The van der Waals surface area contributed by atoms with E-state index in [0.717, 1.165) is 17.8 Å². The molecule has 3 saturated heterocycles. The second kappa shape index (κ2) is 14.1. The Kier molecular flexibility index (Phi) is 12.9. The van der Waals surface area contributed by atoms with Gasteiger partial charge in [0.2, 0.25) is 0 Å². The van der Waals surface area contributed by atoms with Gasteiger partial charge in [0.1, 0.15) is 0 Å². The topological polar surface area (TPSA) is 27.3 Å². The molecule has 0 spiro atoms. The molecule has 0 radical (unpaired) electrons. The Morgan fingerprint density at radius 2 is 1.04 bits per heavy atom. The highest BCUT2D eigenvalue weighted by atomic mass is 15.1. The molecule has 0 aromatic carbocycles. The van der Waals surface area contributed by atoms with Crippen molar-refractivity contribution in [3.8, 4) is 0 Å². The molecule has 0 bridgehead atoms. The van der Waals surface area contributed by atoms with Crippen molar-refractivity contribution in [1.82, 2.24) is 15.5 Å². The minimum Gasteiger partial charge on any atom is -0.317 e. The summed E-state index contributed by atoms with van der Waals surface area (Å²) in [5, 5.41) is 6.97. The summed E-state index contributed by atoms with van der Waals surface area (Å²) in [7, 11) is 0. The number of likely N-dealkylation sites (tertiary alicyclic amines) is 1. The Balaban J connectivity index is 0.000000671. The third-order valence-electron chi connectivity index (χ3n) is 5.81. The fourth-order valence-electron chi connectivity index (χ4n) is 4.42. The Bertz CT molecular complexity index is 234. The number of hydrogen-bond donors (Lipinski definition) is 2. The molecular weight excluding hydrogens is 294 g/mol. The maximum atomic E-state index is 3.49. The van der Waals surface area contributed by atoms with Crippen LogP contribution in [0.15, 0.2) is 0 Å². The lowest BCUT2D eigenvalue weighted by molar-refractivity contribution is 0.133. The van der Waals surface area contributed by atoms with Gasteiger partial charge in [-0.1, -0.05) is 27.7 Å². The number of piperidine rings is 3. The van der Waals surface area contributed by atoms with E-state index < -0.39 is 0 Å². The standard InChI is InChI=1S/C17H33N3.2C2H6/c1-7-18-8-2-15(1)13-16-5-11-20(12-6-16)14-17-3-9-19-10-4-17;2*1-2/h15-19H,1-14H2;2*1-2H3. The molecule has 3 aliphatic rings. The molecule has 0 amide bonds. The van der Waals surface area contributed by atoms with E-state index >= 15 is 0 Å². The smallest absolute Gasteiger partial charge is 0.00106 e. The summed E-state index contributed by atoms with van der Waals surface area (Å²) >= 11 is 0. The van der Waals surface area contributed by atoms with Crippen molar-refractivity contribution < 1.29 is 0 Å². The summed E-state index contributed by atoms with van der Waals surface area (Å²) in [4.78, 5) is 2.76. The van der Waals surface area contributed by atoms with Gasteiger partial charge in [0.05, 0.1) is 0 Å². The van der Waals surface area contributed by atoms with E-state index in [1.807, 2.05) is 27.7 Å². The number of rotatable bonds is 4. The Labute approximate surface area is 152 Å². The van der Waals surface area contributed by atoms with E-state index in [4.69, 9.17) is 0 Å². The lowest BCUT2D eigenvalue weighted by Gasteiger charge is -2.37. The van der Waals surface area contributed by atoms with Crippen LogP contribution < -0.4 is 10.6 Å². The van der Waals surface area contributed by atoms with Gasteiger partial charge in [-0.15, -0.1) is 0 Å². The average Bonchev–Trinajstić information content (AvgIpc) is 2.68. The van der Waals surface area contributed by atoms with E-state index in [1.54, 1.807) is 0 Å². The molecule has 3 fully saturated rings.